The van der Waals surface area contributed by atoms with Crippen molar-refractivity contribution in [2.45, 2.75) is 69.0 Å². The van der Waals surface area contributed by atoms with E-state index in [2.05, 4.69) is 11.8 Å². The zero-order chi connectivity index (χ0) is 30.3. The average molecular weight is 598 g/mol. The maximum absolute atomic E-state index is 13.4. The molecule has 1 aliphatic heterocycles. The molecule has 1 heterocycles. The Labute approximate surface area is 254 Å². The lowest BCUT2D eigenvalue weighted by atomic mass is 9.43. The SMILES string of the molecule is CCN1CC2(COC)CCC(O)C34C5CC6C(OC)CC(O)(C(CC23)C14)C5C6OC(=O)C=Cc1ccc(OC)c(OC)c1. The number of aliphatic hydroxyl groups is 2. The van der Waals surface area contributed by atoms with Crippen LogP contribution in [0.25, 0.3) is 6.08 Å². The minimum absolute atomic E-state index is 0.0228. The Morgan fingerprint density at radius 1 is 1.12 bits per heavy atom. The van der Waals surface area contributed by atoms with E-state index in [0.29, 0.717) is 24.5 Å². The summed E-state index contributed by atoms with van der Waals surface area (Å²) >= 11 is 0. The van der Waals surface area contributed by atoms with E-state index in [1.165, 1.54) is 6.08 Å². The first-order valence-electron chi connectivity index (χ1n) is 16.0. The quantitative estimate of drug-likeness (QED) is 0.328. The highest BCUT2D eigenvalue weighted by molar-refractivity contribution is 5.87. The van der Waals surface area contributed by atoms with Crippen molar-refractivity contribution >= 4 is 12.0 Å². The fourth-order valence-corrected chi connectivity index (χ4v) is 11.8. The Hall–Kier alpha value is -2.17. The van der Waals surface area contributed by atoms with Gasteiger partial charge in [-0.25, -0.2) is 4.79 Å². The van der Waals surface area contributed by atoms with Gasteiger partial charge in [-0.2, -0.15) is 0 Å². The van der Waals surface area contributed by atoms with Gasteiger partial charge in [0.15, 0.2) is 11.5 Å². The molecule has 5 saturated carbocycles. The Bertz CT molecular complexity index is 1290. The van der Waals surface area contributed by atoms with E-state index in [9.17, 15) is 15.0 Å². The topological polar surface area (TPSA) is 107 Å². The van der Waals surface area contributed by atoms with E-state index >= 15 is 0 Å². The average Bonchev–Trinajstić information content (AvgIpc) is 3.47. The fraction of sp³-hybridized carbons (Fsp3) is 0.735. The largest absolute Gasteiger partial charge is 0.493 e. The summed E-state index contributed by atoms with van der Waals surface area (Å²) in [4.78, 5) is 16.0. The lowest BCUT2D eigenvalue weighted by Crippen LogP contribution is -2.76. The zero-order valence-corrected chi connectivity index (χ0v) is 26.0. The van der Waals surface area contributed by atoms with Crippen LogP contribution in [-0.2, 0) is 19.0 Å². The number of hydrogen-bond donors (Lipinski definition) is 2. The molecule has 1 spiro atoms. The summed E-state index contributed by atoms with van der Waals surface area (Å²) in [7, 11) is 6.66. The number of fused-ring (bicyclic) bond motifs is 2. The number of nitrogens with zero attached hydrogens (tertiary/aromatic N) is 1. The van der Waals surface area contributed by atoms with Crippen LogP contribution in [0.3, 0.4) is 0 Å². The van der Waals surface area contributed by atoms with Crippen LogP contribution in [0.1, 0.15) is 44.6 Å². The molecular formula is C34H47NO8. The molecule has 5 aliphatic carbocycles. The Morgan fingerprint density at radius 2 is 1.91 bits per heavy atom. The first-order valence-corrected chi connectivity index (χ1v) is 16.0. The molecule has 236 valence electrons. The molecule has 1 saturated heterocycles. The van der Waals surface area contributed by atoms with Crippen molar-refractivity contribution in [2.24, 2.45) is 40.4 Å². The smallest absolute Gasteiger partial charge is 0.331 e. The number of ether oxygens (including phenoxy) is 5. The summed E-state index contributed by atoms with van der Waals surface area (Å²) in [5.74, 6) is 0.767. The Balaban J connectivity index is 1.25. The van der Waals surface area contributed by atoms with Gasteiger partial charge >= 0.3 is 5.97 Å². The number of esters is 1. The highest BCUT2D eigenvalue weighted by Crippen LogP contribution is 2.79. The molecule has 9 heteroatoms. The fourth-order valence-electron chi connectivity index (χ4n) is 11.8. The molecule has 9 nitrogen and oxygen atoms in total. The second-order valence-corrected chi connectivity index (χ2v) is 14.1. The van der Waals surface area contributed by atoms with Crippen molar-refractivity contribution in [1.82, 2.24) is 4.90 Å². The minimum atomic E-state index is -1.04. The third-order valence-electron chi connectivity index (χ3n) is 12.9. The number of carbonyl (C=O) groups is 1. The van der Waals surface area contributed by atoms with Crippen LogP contribution in [-0.4, -0.2) is 99.2 Å². The molecule has 7 bridgehead atoms. The van der Waals surface area contributed by atoms with Crippen molar-refractivity contribution in [1.29, 1.82) is 0 Å². The monoisotopic (exact) mass is 597 g/mol. The summed E-state index contributed by atoms with van der Waals surface area (Å²) in [6.45, 7) is 4.69. The highest BCUT2D eigenvalue weighted by Gasteiger charge is 2.84. The second kappa shape index (κ2) is 10.4. The van der Waals surface area contributed by atoms with Crippen molar-refractivity contribution in [2.75, 3.05) is 48.1 Å². The van der Waals surface area contributed by atoms with Gasteiger partial charge in [0, 0.05) is 67.9 Å². The van der Waals surface area contributed by atoms with Gasteiger partial charge in [-0.1, -0.05) is 13.0 Å². The lowest BCUT2D eigenvalue weighted by Gasteiger charge is -2.69. The summed E-state index contributed by atoms with van der Waals surface area (Å²) in [5.41, 5.74) is -0.655. The van der Waals surface area contributed by atoms with Crippen LogP contribution in [0.15, 0.2) is 24.3 Å². The molecule has 7 rings (SSSR count). The number of carbonyl (C=O) groups excluding carboxylic acids is 1. The van der Waals surface area contributed by atoms with Gasteiger partial charge in [0.2, 0.25) is 0 Å². The standard InChI is InChI=1S/C34H47NO8/c1-6-35-17-32(18-39-2)12-11-27(36)34-21-14-20-25(42-5)16-33(38,22(31(34)35)15-26(32)34)29(21)30(20)43-28(37)10-8-19-7-9-23(40-3)24(13-19)41-4/h7-10,13,20-22,25-27,29-31,36,38H,6,11-12,14-18H2,1-5H3. The summed E-state index contributed by atoms with van der Waals surface area (Å²) in [5, 5.41) is 25.0. The van der Waals surface area contributed by atoms with E-state index in [1.54, 1.807) is 40.6 Å². The van der Waals surface area contributed by atoms with Gasteiger partial charge in [-0.05, 0) is 67.8 Å². The highest BCUT2D eigenvalue weighted by atomic mass is 16.6. The molecule has 0 radical (unpaired) electrons. The minimum Gasteiger partial charge on any atom is -0.493 e. The normalized spacial score (nSPS) is 45.8. The first kappa shape index (κ1) is 29.5. The molecule has 0 aromatic heterocycles. The van der Waals surface area contributed by atoms with Crippen LogP contribution in [0.5, 0.6) is 11.5 Å². The summed E-state index contributed by atoms with van der Waals surface area (Å²) in [6.07, 6.45) is 5.90. The molecular weight excluding hydrogens is 550 g/mol. The van der Waals surface area contributed by atoms with Crippen LogP contribution in [0.2, 0.25) is 0 Å². The van der Waals surface area contributed by atoms with Gasteiger partial charge in [0.1, 0.15) is 6.10 Å². The molecule has 1 aromatic rings. The molecule has 43 heavy (non-hydrogen) atoms. The van der Waals surface area contributed by atoms with Crippen LogP contribution in [0.4, 0.5) is 0 Å². The predicted molar refractivity (Wildman–Crippen MR) is 159 cm³/mol. The Morgan fingerprint density at radius 3 is 2.60 bits per heavy atom. The van der Waals surface area contributed by atoms with Crippen molar-refractivity contribution < 1.29 is 38.7 Å². The van der Waals surface area contributed by atoms with Crippen molar-refractivity contribution in [3.8, 4) is 11.5 Å². The van der Waals surface area contributed by atoms with Gasteiger partial charge in [0.05, 0.1) is 38.6 Å². The number of piperidine rings is 1. The van der Waals surface area contributed by atoms with Crippen LogP contribution < -0.4 is 9.47 Å². The molecule has 6 fully saturated rings. The number of benzene rings is 1. The number of hydrogen-bond acceptors (Lipinski definition) is 9. The number of rotatable bonds is 9. The Kier molecular flexibility index (Phi) is 7.17. The van der Waals surface area contributed by atoms with Crippen LogP contribution in [0, 0.1) is 40.4 Å². The van der Waals surface area contributed by atoms with Gasteiger partial charge in [0.25, 0.3) is 0 Å². The second-order valence-electron chi connectivity index (χ2n) is 14.1. The first-order chi connectivity index (χ1) is 20.7. The third-order valence-corrected chi connectivity index (χ3v) is 12.9. The molecule has 12 unspecified atom stereocenters. The number of aliphatic hydroxyl groups excluding tert-OH is 1. The summed E-state index contributed by atoms with van der Waals surface area (Å²) < 4.78 is 29.0. The van der Waals surface area contributed by atoms with Gasteiger partial charge in [-0.15, -0.1) is 0 Å². The summed E-state index contributed by atoms with van der Waals surface area (Å²) in [6, 6.07) is 5.57. The maximum Gasteiger partial charge on any atom is 0.331 e. The molecule has 1 aromatic carbocycles. The zero-order valence-electron chi connectivity index (χ0n) is 26.0. The van der Waals surface area contributed by atoms with Gasteiger partial charge in [-0.3, -0.25) is 4.90 Å². The van der Waals surface area contributed by atoms with E-state index in [4.69, 9.17) is 23.7 Å². The third kappa shape index (κ3) is 3.84. The van der Waals surface area contributed by atoms with E-state index in [0.717, 1.165) is 44.3 Å². The number of likely N-dealkylation sites (tertiary alicyclic amines) is 1. The lowest BCUT2D eigenvalue weighted by molar-refractivity contribution is -0.273. The predicted octanol–water partition coefficient (Wildman–Crippen LogP) is 3.16. The van der Waals surface area contributed by atoms with Gasteiger partial charge < -0.3 is 33.9 Å². The molecule has 0 amide bonds. The van der Waals surface area contributed by atoms with Crippen molar-refractivity contribution in [3.63, 3.8) is 0 Å². The molecule has 6 aliphatic rings. The number of methoxy groups -OCH3 is 4. The molecule has 2 N–H and O–H groups in total. The van der Waals surface area contributed by atoms with E-state index < -0.39 is 23.8 Å². The maximum atomic E-state index is 13.4. The van der Waals surface area contributed by atoms with E-state index in [1.807, 2.05) is 12.1 Å². The molecule has 12 atom stereocenters. The van der Waals surface area contributed by atoms with Crippen molar-refractivity contribution in [3.05, 3.63) is 29.8 Å². The van der Waals surface area contributed by atoms with E-state index in [-0.39, 0.29) is 52.6 Å². The van der Waals surface area contributed by atoms with Crippen LogP contribution >= 0.6 is 0 Å².